The SMILES string of the molecule is C[C](C)CN1CCC(C2=NC(O)(C=Cc3ccccc3)CS2)CC1. The maximum absolute atomic E-state index is 10.7. The molecule has 129 valence electrons. The zero-order chi connectivity index (χ0) is 17.0. The summed E-state index contributed by atoms with van der Waals surface area (Å²) in [5.41, 5.74) is 0.0554. The minimum absolute atomic E-state index is 0.516. The molecule has 1 fully saturated rings. The fourth-order valence-corrected chi connectivity index (χ4v) is 4.52. The Morgan fingerprint density at radius 1 is 1.29 bits per heavy atom. The molecule has 2 aliphatic heterocycles. The first-order chi connectivity index (χ1) is 11.5. The van der Waals surface area contributed by atoms with Gasteiger partial charge in [0, 0.05) is 12.5 Å². The van der Waals surface area contributed by atoms with Crippen molar-refractivity contribution in [2.24, 2.45) is 10.9 Å². The molecule has 0 saturated carbocycles. The first-order valence-electron chi connectivity index (χ1n) is 8.75. The Balaban J connectivity index is 1.58. The average Bonchev–Trinajstić information content (AvgIpc) is 2.97. The second kappa shape index (κ2) is 7.85. The number of benzene rings is 1. The highest BCUT2D eigenvalue weighted by Crippen LogP contribution is 2.34. The van der Waals surface area contributed by atoms with E-state index in [1.807, 2.05) is 42.5 Å². The Morgan fingerprint density at radius 2 is 2.00 bits per heavy atom. The standard InChI is InChI=1S/C20H27N2OS/c1-16(2)14-22-12-9-18(10-13-22)19-21-20(23,15-24-19)11-8-17-6-4-3-5-7-17/h3-8,11,18,23H,9-10,12-15H2,1-2H3. The molecule has 4 heteroatoms. The molecule has 2 heterocycles. The number of thioether (sulfide) groups is 1. The topological polar surface area (TPSA) is 35.8 Å². The molecule has 1 aromatic rings. The molecule has 0 amide bonds. The van der Waals surface area contributed by atoms with Gasteiger partial charge in [-0.2, -0.15) is 0 Å². The fourth-order valence-electron chi connectivity index (χ4n) is 3.31. The molecular formula is C20H27N2OS. The molecule has 1 aromatic carbocycles. The molecule has 1 N–H and O–H groups in total. The van der Waals surface area contributed by atoms with Gasteiger partial charge in [-0.3, -0.25) is 0 Å². The summed E-state index contributed by atoms with van der Waals surface area (Å²) < 4.78 is 0. The summed E-state index contributed by atoms with van der Waals surface area (Å²) in [4.78, 5) is 7.19. The number of likely N-dealkylation sites (tertiary alicyclic amines) is 1. The molecule has 1 radical (unpaired) electrons. The van der Waals surface area contributed by atoms with Gasteiger partial charge >= 0.3 is 0 Å². The molecule has 24 heavy (non-hydrogen) atoms. The smallest absolute Gasteiger partial charge is 0.185 e. The van der Waals surface area contributed by atoms with Crippen LogP contribution in [0.1, 0.15) is 32.3 Å². The summed E-state index contributed by atoms with van der Waals surface area (Å²) in [5.74, 6) is 2.62. The van der Waals surface area contributed by atoms with Gasteiger partial charge in [0.15, 0.2) is 5.72 Å². The molecule has 2 aliphatic rings. The van der Waals surface area contributed by atoms with Crippen molar-refractivity contribution >= 4 is 22.9 Å². The van der Waals surface area contributed by atoms with Crippen LogP contribution in [0.3, 0.4) is 0 Å². The third-order valence-electron chi connectivity index (χ3n) is 4.56. The summed E-state index contributed by atoms with van der Waals surface area (Å²) in [5, 5.41) is 11.9. The van der Waals surface area contributed by atoms with Gasteiger partial charge < -0.3 is 10.0 Å². The number of rotatable bonds is 5. The molecule has 1 unspecified atom stereocenters. The van der Waals surface area contributed by atoms with Crippen molar-refractivity contribution in [3.8, 4) is 0 Å². The Hall–Kier alpha value is -1.10. The van der Waals surface area contributed by atoms with Crippen molar-refractivity contribution in [3.63, 3.8) is 0 Å². The fraction of sp³-hybridized carbons (Fsp3) is 0.500. The summed E-state index contributed by atoms with van der Waals surface area (Å²) >= 11 is 1.73. The van der Waals surface area contributed by atoms with E-state index in [-0.39, 0.29) is 0 Å². The molecule has 0 spiro atoms. The molecule has 1 atom stereocenters. The number of piperidine rings is 1. The van der Waals surface area contributed by atoms with Crippen LogP contribution in [0.4, 0.5) is 0 Å². The van der Waals surface area contributed by atoms with Gasteiger partial charge in [-0.1, -0.05) is 50.3 Å². The summed E-state index contributed by atoms with van der Waals surface area (Å²) in [6.07, 6.45) is 6.11. The monoisotopic (exact) mass is 343 g/mol. The lowest BCUT2D eigenvalue weighted by atomic mass is 9.97. The first-order valence-corrected chi connectivity index (χ1v) is 9.73. The van der Waals surface area contributed by atoms with Crippen molar-refractivity contribution in [2.75, 3.05) is 25.4 Å². The third-order valence-corrected chi connectivity index (χ3v) is 5.84. The summed E-state index contributed by atoms with van der Waals surface area (Å²) in [6.45, 7) is 7.77. The molecule has 0 aromatic heterocycles. The van der Waals surface area contributed by atoms with Crippen molar-refractivity contribution < 1.29 is 5.11 Å². The predicted octanol–water partition coefficient (Wildman–Crippen LogP) is 3.86. The first kappa shape index (κ1) is 17.7. The summed E-state index contributed by atoms with van der Waals surface area (Å²) in [6, 6.07) is 10.1. The lowest BCUT2D eigenvalue weighted by Crippen LogP contribution is -2.37. The number of aliphatic imine (C=N–C) groups is 1. The molecule has 0 bridgehead atoms. The number of nitrogens with zero attached hydrogens (tertiary/aromatic N) is 2. The lowest BCUT2D eigenvalue weighted by Gasteiger charge is -2.32. The van der Waals surface area contributed by atoms with E-state index in [0.29, 0.717) is 11.7 Å². The second-order valence-corrected chi connectivity index (χ2v) is 8.11. The molecule has 0 aliphatic carbocycles. The molecule has 3 rings (SSSR count). The Kier molecular flexibility index (Phi) is 5.80. The lowest BCUT2D eigenvalue weighted by molar-refractivity contribution is 0.130. The van der Waals surface area contributed by atoms with E-state index in [1.165, 1.54) is 5.92 Å². The number of hydrogen-bond donors (Lipinski definition) is 1. The minimum Gasteiger partial charge on any atom is -0.365 e. The van der Waals surface area contributed by atoms with Crippen molar-refractivity contribution in [1.29, 1.82) is 0 Å². The largest absolute Gasteiger partial charge is 0.365 e. The highest BCUT2D eigenvalue weighted by Gasteiger charge is 2.34. The van der Waals surface area contributed by atoms with E-state index in [4.69, 9.17) is 0 Å². The van der Waals surface area contributed by atoms with Gasteiger partial charge in [0.25, 0.3) is 0 Å². The number of hydrogen-bond acceptors (Lipinski definition) is 4. The van der Waals surface area contributed by atoms with E-state index in [2.05, 4.69) is 23.7 Å². The Morgan fingerprint density at radius 3 is 2.67 bits per heavy atom. The molecule has 3 nitrogen and oxygen atoms in total. The Bertz CT molecular complexity index is 591. The predicted molar refractivity (Wildman–Crippen MR) is 104 cm³/mol. The summed E-state index contributed by atoms with van der Waals surface area (Å²) in [7, 11) is 0. The number of aliphatic hydroxyl groups is 1. The molecule has 1 saturated heterocycles. The zero-order valence-electron chi connectivity index (χ0n) is 14.6. The van der Waals surface area contributed by atoms with E-state index >= 15 is 0 Å². The van der Waals surface area contributed by atoms with Crippen LogP contribution in [0, 0.1) is 11.8 Å². The van der Waals surface area contributed by atoms with Crippen LogP contribution >= 0.6 is 11.8 Å². The van der Waals surface area contributed by atoms with Crippen LogP contribution in [-0.2, 0) is 0 Å². The van der Waals surface area contributed by atoms with Crippen LogP contribution in [0.15, 0.2) is 41.4 Å². The van der Waals surface area contributed by atoms with Crippen molar-refractivity contribution in [2.45, 2.75) is 32.4 Å². The van der Waals surface area contributed by atoms with Gasteiger partial charge in [0.2, 0.25) is 0 Å². The van der Waals surface area contributed by atoms with Gasteiger partial charge in [-0.05, 0) is 43.5 Å². The van der Waals surface area contributed by atoms with Crippen LogP contribution in [-0.4, -0.2) is 46.2 Å². The second-order valence-electron chi connectivity index (χ2n) is 7.12. The Labute approximate surface area is 149 Å². The minimum atomic E-state index is -1.04. The van der Waals surface area contributed by atoms with E-state index in [1.54, 1.807) is 11.8 Å². The van der Waals surface area contributed by atoms with E-state index in [9.17, 15) is 5.11 Å². The normalized spacial score (nSPS) is 26.4. The van der Waals surface area contributed by atoms with Gasteiger partial charge in [0.1, 0.15) is 0 Å². The maximum Gasteiger partial charge on any atom is 0.185 e. The van der Waals surface area contributed by atoms with Crippen LogP contribution in [0.5, 0.6) is 0 Å². The van der Waals surface area contributed by atoms with Crippen LogP contribution in [0.2, 0.25) is 0 Å². The van der Waals surface area contributed by atoms with Gasteiger partial charge in [-0.15, -0.1) is 11.8 Å². The highest BCUT2D eigenvalue weighted by molar-refractivity contribution is 8.14. The van der Waals surface area contributed by atoms with E-state index < -0.39 is 5.72 Å². The van der Waals surface area contributed by atoms with Crippen LogP contribution in [0.25, 0.3) is 6.08 Å². The van der Waals surface area contributed by atoms with E-state index in [0.717, 1.165) is 43.1 Å². The molecular weight excluding hydrogens is 316 g/mol. The van der Waals surface area contributed by atoms with Crippen molar-refractivity contribution in [1.82, 2.24) is 4.90 Å². The quantitative estimate of drug-likeness (QED) is 0.882. The van der Waals surface area contributed by atoms with Gasteiger partial charge in [-0.25, -0.2) is 4.99 Å². The van der Waals surface area contributed by atoms with Crippen LogP contribution < -0.4 is 0 Å². The zero-order valence-corrected chi connectivity index (χ0v) is 15.4. The average molecular weight is 344 g/mol. The maximum atomic E-state index is 10.7. The third kappa shape index (κ3) is 4.71. The highest BCUT2D eigenvalue weighted by atomic mass is 32.2. The van der Waals surface area contributed by atoms with Crippen molar-refractivity contribution in [3.05, 3.63) is 47.9 Å². The van der Waals surface area contributed by atoms with Gasteiger partial charge in [0.05, 0.1) is 10.8 Å².